The molecule has 0 amide bonds. The van der Waals surface area contributed by atoms with Crippen LogP contribution in [0, 0.1) is 5.92 Å². The third-order valence-electron chi connectivity index (χ3n) is 6.68. The maximum atomic E-state index is 13.3. The van der Waals surface area contributed by atoms with E-state index in [1.165, 1.54) is 31.2 Å². The molecule has 1 aromatic carbocycles. The molecular weight excluding hydrogens is 416 g/mol. The lowest BCUT2D eigenvalue weighted by Gasteiger charge is -2.44. The van der Waals surface area contributed by atoms with Crippen LogP contribution in [-0.2, 0) is 15.1 Å². The highest BCUT2D eigenvalue weighted by molar-refractivity contribution is 8.01. The van der Waals surface area contributed by atoms with Crippen LogP contribution in [0.4, 0.5) is 0 Å². The van der Waals surface area contributed by atoms with Gasteiger partial charge in [-0.1, -0.05) is 75.1 Å². The van der Waals surface area contributed by atoms with Crippen molar-refractivity contribution in [2.45, 2.75) is 84.2 Å². The van der Waals surface area contributed by atoms with E-state index in [0.29, 0.717) is 6.42 Å². The Bertz CT molecular complexity index is 875. The molecule has 0 fully saturated rings. The SMILES string of the molecule is CCCCCCCC(=O)OC(C1=C(C)C(C)=C(N)SN1)(c1ccccc1)C1C=CCCC1. The fourth-order valence-electron chi connectivity index (χ4n) is 4.66. The van der Waals surface area contributed by atoms with Crippen LogP contribution in [0.2, 0.25) is 0 Å². The van der Waals surface area contributed by atoms with Gasteiger partial charge in [-0.15, -0.1) is 0 Å². The van der Waals surface area contributed by atoms with Crippen molar-refractivity contribution < 1.29 is 9.53 Å². The van der Waals surface area contributed by atoms with Gasteiger partial charge < -0.3 is 15.2 Å². The van der Waals surface area contributed by atoms with E-state index in [-0.39, 0.29) is 11.9 Å². The lowest BCUT2D eigenvalue weighted by Crippen LogP contribution is -2.46. The molecule has 0 radical (unpaired) electrons. The van der Waals surface area contributed by atoms with Gasteiger partial charge in [0.2, 0.25) is 0 Å². The molecule has 1 aromatic rings. The van der Waals surface area contributed by atoms with Crippen LogP contribution in [0.5, 0.6) is 0 Å². The van der Waals surface area contributed by atoms with Gasteiger partial charge in [-0.05, 0) is 50.7 Å². The second kappa shape index (κ2) is 11.6. The van der Waals surface area contributed by atoms with Gasteiger partial charge in [-0.25, -0.2) is 0 Å². The minimum absolute atomic E-state index is 0.0628. The van der Waals surface area contributed by atoms with Crippen LogP contribution in [0.25, 0.3) is 0 Å². The first-order valence-electron chi connectivity index (χ1n) is 12.1. The van der Waals surface area contributed by atoms with Gasteiger partial charge in [0.1, 0.15) is 0 Å². The number of ether oxygens (including phenoxy) is 1. The molecule has 32 heavy (non-hydrogen) atoms. The summed E-state index contributed by atoms with van der Waals surface area (Å²) in [7, 11) is 0. The Morgan fingerprint density at radius 3 is 2.59 bits per heavy atom. The Morgan fingerprint density at radius 2 is 1.91 bits per heavy atom. The number of carbonyl (C=O) groups is 1. The second-order valence-electron chi connectivity index (χ2n) is 8.90. The monoisotopic (exact) mass is 454 g/mol. The van der Waals surface area contributed by atoms with Gasteiger partial charge in [-0.3, -0.25) is 4.79 Å². The summed E-state index contributed by atoms with van der Waals surface area (Å²) < 4.78 is 10.1. The molecule has 2 aliphatic rings. The van der Waals surface area contributed by atoms with Crippen molar-refractivity contribution in [3.05, 3.63) is 69.9 Å². The van der Waals surface area contributed by atoms with Crippen molar-refractivity contribution in [3.8, 4) is 0 Å². The lowest BCUT2D eigenvalue weighted by molar-refractivity contribution is -0.162. The molecule has 0 saturated heterocycles. The molecule has 1 aliphatic carbocycles. The molecule has 174 valence electrons. The van der Waals surface area contributed by atoms with E-state index in [4.69, 9.17) is 10.5 Å². The Morgan fingerprint density at radius 1 is 1.16 bits per heavy atom. The fourth-order valence-corrected chi connectivity index (χ4v) is 5.48. The second-order valence-corrected chi connectivity index (χ2v) is 9.75. The van der Waals surface area contributed by atoms with Crippen LogP contribution in [0.1, 0.15) is 84.1 Å². The van der Waals surface area contributed by atoms with E-state index in [1.54, 1.807) is 0 Å². The predicted molar refractivity (Wildman–Crippen MR) is 134 cm³/mol. The van der Waals surface area contributed by atoms with Crippen LogP contribution < -0.4 is 10.5 Å². The van der Waals surface area contributed by atoms with Gasteiger partial charge in [0.25, 0.3) is 0 Å². The van der Waals surface area contributed by atoms with Crippen molar-refractivity contribution >= 4 is 17.9 Å². The third-order valence-corrected chi connectivity index (χ3v) is 7.51. The first-order valence-corrected chi connectivity index (χ1v) is 12.9. The number of nitrogens with two attached hydrogens (primary N) is 1. The highest BCUT2D eigenvalue weighted by Crippen LogP contribution is 2.48. The number of unbranched alkanes of at least 4 members (excludes halogenated alkanes) is 4. The molecule has 3 rings (SSSR count). The number of hydrogen-bond donors (Lipinski definition) is 2. The largest absolute Gasteiger partial charge is 0.447 e. The van der Waals surface area contributed by atoms with Crippen molar-refractivity contribution in [1.82, 2.24) is 4.72 Å². The van der Waals surface area contributed by atoms with Crippen LogP contribution in [-0.4, -0.2) is 5.97 Å². The molecule has 3 N–H and O–H groups in total. The zero-order chi connectivity index (χ0) is 23.0. The number of carbonyl (C=O) groups excluding carboxylic acids is 1. The highest BCUT2D eigenvalue weighted by atomic mass is 32.2. The van der Waals surface area contributed by atoms with Crippen molar-refractivity contribution in [1.29, 1.82) is 0 Å². The summed E-state index contributed by atoms with van der Waals surface area (Å²) in [6, 6.07) is 10.2. The summed E-state index contributed by atoms with van der Waals surface area (Å²) in [6.45, 7) is 6.32. The van der Waals surface area contributed by atoms with E-state index in [1.807, 2.05) is 25.1 Å². The van der Waals surface area contributed by atoms with Gasteiger partial charge >= 0.3 is 5.97 Å². The summed E-state index contributed by atoms with van der Waals surface area (Å²) >= 11 is 1.41. The summed E-state index contributed by atoms with van der Waals surface area (Å²) in [4.78, 5) is 13.3. The van der Waals surface area contributed by atoms with Gasteiger partial charge in [-0.2, -0.15) is 0 Å². The first kappa shape index (κ1) is 24.5. The normalized spacial score (nSPS) is 20.7. The number of rotatable bonds is 10. The summed E-state index contributed by atoms with van der Waals surface area (Å²) in [5, 5.41) is 0.759. The minimum Gasteiger partial charge on any atom is -0.447 e. The minimum atomic E-state index is -0.891. The van der Waals surface area contributed by atoms with Crippen molar-refractivity contribution in [3.63, 3.8) is 0 Å². The fraction of sp³-hybridized carbons (Fsp3) is 0.519. The average Bonchev–Trinajstić information content (AvgIpc) is 2.82. The number of esters is 1. The van der Waals surface area contributed by atoms with Crippen LogP contribution in [0.3, 0.4) is 0 Å². The van der Waals surface area contributed by atoms with Gasteiger partial charge in [0.05, 0.1) is 10.7 Å². The van der Waals surface area contributed by atoms with Gasteiger partial charge in [0.15, 0.2) is 5.60 Å². The number of nitrogens with one attached hydrogen (secondary N) is 1. The Labute approximate surface area is 197 Å². The molecule has 2 unspecified atom stereocenters. The average molecular weight is 455 g/mol. The first-order chi connectivity index (χ1) is 15.5. The van der Waals surface area contributed by atoms with Crippen LogP contribution >= 0.6 is 11.9 Å². The van der Waals surface area contributed by atoms with Crippen molar-refractivity contribution in [2.75, 3.05) is 0 Å². The predicted octanol–water partition coefficient (Wildman–Crippen LogP) is 6.86. The molecule has 4 nitrogen and oxygen atoms in total. The Kier molecular flexibility index (Phi) is 8.92. The Hall–Kier alpha value is -2.14. The quantitative estimate of drug-likeness (QED) is 0.175. The lowest BCUT2D eigenvalue weighted by atomic mass is 9.72. The molecule has 5 heteroatoms. The molecule has 2 atom stereocenters. The highest BCUT2D eigenvalue weighted by Gasteiger charge is 2.48. The topological polar surface area (TPSA) is 64.3 Å². The van der Waals surface area contributed by atoms with Crippen molar-refractivity contribution in [2.24, 2.45) is 11.7 Å². The summed E-state index contributed by atoms with van der Waals surface area (Å²) in [5.41, 5.74) is 9.37. The van der Waals surface area contributed by atoms with E-state index in [2.05, 4.69) is 42.9 Å². The molecule has 0 aromatic heterocycles. The summed E-state index contributed by atoms with van der Waals surface area (Å²) in [6.07, 6.45) is 13.6. The smallest absolute Gasteiger partial charge is 0.307 e. The molecule has 0 bridgehead atoms. The molecule has 1 aliphatic heterocycles. The Balaban J connectivity index is 2.03. The summed E-state index contributed by atoms with van der Waals surface area (Å²) in [5.74, 6) is -0.0653. The number of hydrogen-bond acceptors (Lipinski definition) is 5. The number of allylic oxidation sites excluding steroid dienone is 3. The maximum absolute atomic E-state index is 13.3. The molecule has 0 saturated carbocycles. The van der Waals surface area contributed by atoms with E-state index in [9.17, 15) is 4.79 Å². The molecule has 1 heterocycles. The van der Waals surface area contributed by atoms with Crippen LogP contribution in [0.15, 0.2) is 64.4 Å². The standard InChI is InChI=1S/C27H38N2O2S/c1-4-5-6-7-14-19-24(30)31-27(22-15-10-8-11-16-22,23-17-12-9-13-18-23)25-20(2)21(3)26(28)32-29-25/h8,10-12,15-17,23,29H,4-7,9,13-14,18-19,28H2,1-3H3. The van der Waals surface area contributed by atoms with E-state index < -0.39 is 5.60 Å². The molecule has 0 spiro atoms. The van der Waals surface area contributed by atoms with E-state index >= 15 is 0 Å². The zero-order valence-corrected chi connectivity index (χ0v) is 20.6. The third kappa shape index (κ3) is 5.43. The maximum Gasteiger partial charge on any atom is 0.307 e. The number of benzene rings is 1. The van der Waals surface area contributed by atoms with E-state index in [0.717, 1.165) is 59.5 Å². The molecular formula is C27H38N2O2S. The zero-order valence-electron chi connectivity index (χ0n) is 19.8. The van der Waals surface area contributed by atoms with Gasteiger partial charge in [0, 0.05) is 29.9 Å².